The van der Waals surface area contributed by atoms with Gasteiger partial charge in [-0.3, -0.25) is 4.79 Å². The minimum atomic E-state index is -0.505. The van der Waals surface area contributed by atoms with E-state index in [4.69, 9.17) is 4.74 Å². The van der Waals surface area contributed by atoms with E-state index in [0.29, 0.717) is 6.42 Å². The second-order valence-electron chi connectivity index (χ2n) is 4.31. The van der Waals surface area contributed by atoms with Gasteiger partial charge in [0.15, 0.2) is 5.78 Å². The van der Waals surface area contributed by atoms with Crippen molar-refractivity contribution < 1.29 is 14.6 Å². The fraction of sp³-hybridized carbons (Fsp3) is 0.462. The van der Waals surface area contributed by atoms with Gasteiger partial charge in [-0.1, -0.05) is 0 Å². The van der Waals surface area contributed by atoms with Crippen LogP contribution in [-0.2, 0) is 6.42 Å². The number of hydrogen-bond acceptors (Lipinski definition) is 3. The molecule has 3 nitrogen and oxygen atoms in total. The molecule has 0 amide bonds. The Morgan fingerprint density at radius 1 is 1.31 bits per heavy atom. The summed E-state index contributed by atoms with van der Waals surface area (Å²) in [6.07, 6.45) is 0.657. The first-order chi connectivity index (χ1) is 7.58. The maximum atomic E-state index is 11.4. The first-order valence-electron chi connectivity index (χ1n) is 5.59. The van der Waals surface area contributed by atoms with Crippen molar-refractivity contribution in [3.8, 4) is 5.75 Å². The van der Waals surface area contributed by atoms with Gasteiger partial charge in [0.25, 0.3) is 0 Å². The largest absolute Gasteiger partial charge is 0.488 e. The van der Waals surface area contributed by atoms with Crippen molar-refractivity contribution in [3.05, 3.63) is 29.3 Å². The van der Waals surface area contributed by atoms with Crippen molar-refractivity contribution >= 4 is 5.78 Å². The molecule has 0 fully saturated rings. The van der Waals surface area contributed by atoms with E-state index in [1.165, 1.54) is 0 Å². The van der Waals surface area contributed by atoms with Crippen LogP contribution < -0.4 is 4.74 Å². The average Bonchev–Trinajstić information content (AvgIpc) is 2.60. The van der Waals surface area contributed by atoms with Gasteiger partial charge >= 0.3 is 0 Å². The van der Waals surface area contributed by atoms with Gasteiger partial charge in [0, 0.05) is 12.0 Å². The molecule has 0 spiro atoms. The molecule has 3 heteroatoms. The summed E-state index contributed by atoms with van der Waals surface area (Å²) in [5.41, 5.74) is 1.87. The van der Waals surface area contributed by atoms with E-state index in [1.807, 2.05) is 19.1 Å². The van der Waals surface area contributed by atoms with E-state index < -0.39 is 6.10 Å². The van der Waals surface area contributed by atoms with Gasteiger partial charge in [-0.15, -0.1) is 0 Å². The number of Topliss-reactive ketones (excluding diaryl/α,β-unsaturated/α-hetero) is 1. The molecular formula is C13H16O3. The summed E-state index contributed by atoms with van der Waals surface area (Å²) in [4.78, 5) is 11.4. The molecular weight excluding hydrogens is 204 g/mol. The molecule has 1 aliphatic carbocycles. The number of aryl methyl sites for hydroxylation is 1. The maximum Gasteiger partial charge on any atom is 0.163 e. The standard InChI is InChI=1S/C13H16O3/c1-8(14)9(2)16-11-4-5-12-10(7-11)3-6-13(12)15/h4-5,7-9,14H,3,6H2,1-2H3. The van der Waals surface area contributed by atoms with Crippen LogP contribution in [0.1, 0.15) is 36.2 Å². The summed E-state index contributed by atoms with van der Waals surface area (Å²) >= 11 is 0. The van der Waals surface area contributed by atoms with Crippen LogP contribution in [0.4, 0.5) is 0 Å². The maximum absolute atomic E-state index is 11.4. The number of carbonyl (C=O) groups is 1. The topological polar surface area (TPSA) is 46.5 Å². The van der Waals surface area contributed by atoms with Crippen LogP contribution in [0.15, 0.2) is 18.2 Å². The van der Waals surface area contributed by atoms with Crippen molar-refractivity contribution in [1.82, 2.24) is 0 Å². The second-order valence-corrected chi connectivity index (χ2v) is 4.31. The summed E-state index contributed by atoms with van der Waals surface area (Å²) in [6.45, 7) is 3.52. The number of carbonyl (C=O) groups excluding carboxylic acids is 1. The molecule has 86 valence electrons. The van der Waals surface area contributed by atoms with Crippen LogP contribution in [-0.4, -0.2) is 23.1 Å². The Kier molecular flexibility index (Phi) is 2.97. The molecule has 0 aliphatic heterocycles. The van der Waals surface area contributed by atoms with Crippen LogP contribution in [0.3, 0.4) is 0 Å². The van der Waals surface area contributed by atoms with E-state index in [9.17, 15) is 9.90 Å². The Morgan fingerprint density at radius 3 is 2.75 bits per heavy atom. The van der Waals surface area contributed by atoms with Crippen molar-refractivity contribution in [1.29, 1.82) is 0 Å². The number of fused-ring (bicyclic) bond motifs is 1. The molecule has 0 radical (unpaired) electrons. The summed E-state index contributed by atoms with van der Waals surface area (Å²) < 4.78 is 5.57. The zero-order valence-electron chi connectivity index (χ0n) is 9.56. The molecule has 1 aromatic carbocycles. The highest BCUT2D eigenvalue weighted by atomic mass is 16.5. The second kappa shape index (κ2) is 4.26. The third-order valence-electron chi connectivity index (χ3n) is 3.00. The molecule has 2 rings (SSSR count). The lowest BCUT2D eigenvalue weighted by Crippen LogP contribution is -2.25. The predicted octanol–water partition coefficient (Wildman–Crippen LogP) is 1.96. The fourth-order valence-corrected chi connectivity index (χ4v) is 1.82. The third-order valence-corrected chi connectivity index (χ3v) is 3.00. The Labute approximate surface area is 95.0 Å². The Morgan fingerprint density at radius 2 is 2.06 bits per heavy atom. The number of hydrogen-bond donors (Lipinski definition) is 1. The summed E-state index contributed by atoms with van der Waals surface area (Å²) in [6, 6.07) is 5.51. The van der Waals surface area contributed by atoms with Gasteiger partial charge in [0.05, 0.1) is 6.10 Å². The lowest BCUT2D eigenvalue weighted by atomic mass is 10.1. The third kappa shape index (κ3) is 2.09. The van der Waals surface area contributed by atoms with Crippen molar-refractivity contribution in [2.24, 2.45) is 0 Å². The average molecular weight is 220 g/mol. The lowest BCUT2D eigenvalue weighted by molar-refractivity contribution is 0.0604. The minimum absolute atomic E-state index is 0.213. The molecule has 0 saturated carbocycles. The predicted molar refractivity (Wildman–Crippen MR) is 60.9 cm³/mol. The molecule has 0 heterocycles. The van der Waals surface area contributed by atoms with Crippen LogP contribution in [0, 0.1) is 0 Å². The van der Waals surface area contributed by atoms with Crippen LogP contribution >= 0.6 is 0 Å². The van der Waals surface area contributed by atoms with Crippen molar-refractivity contribution in [3.63, 3.8) is 0 Å². The molecule has 2 atom stereocenters. The number of ketones is 1. The number of ether oxygens (including phenoxy) is 1. The number of benzene rings is 1. The normalized spacial score (nSPS) is 18.1. The first kappa shape index (κ1) is 11.1. The van der Waals surface area contributed by atoms with Gasteiger partial charge in [0.2, 0.25) is 0 Å². The first-order valence-corrected chi connectivity index (χ1v) is 5.59. The molecule has 0 aromatic heterocycles. The molecule has 16 heavy (non-hydrogen) atoms. The van der Waals surface area contributed by atoms with E-state index in [-0.39, 0.29) is 11.9 Å². The van der Waals surface area contributed by atoms with Crippen molar-refractivity contribution in [2.45, 2.75) is 38.9 Å². The van der Waals surface area contributed by atoms with Crippen LogP contribution in [0.25, 0.3) is 0 Å². The van der Waals surface area contributed by atoms with Crippen LogP contribution in [0.2, 0.25) is 0 Å². The molecule has 2 unspecified atom stereocenters. The summed E-state index contributed by atoms with van der Waals surface area (Å²) in [5, 5.41) is 9.34. The lowest BCUT2D eigenvalue weighted by Gasteiger charge is -2.17. The molecule has 0 bridgehead atoms. The van der Waals surface area contributed by atoms with Gasteiger partial charge in [-0.2, -0.15) is 0 Å². The smallest absolute Gasteiger partial charge is 0.163 e. The summed E-state index contributed by atoms with van der Waals surface area (Å²) in [7, 11) is 0. The van der Waals surface area contributed by atoms with Gasteiger partial charge in [0.1, 0.15) is 11.9 Å². The Bertz CT molecular complexity index is 410. The Balaban J connectivity index is 2.16. The highest BCUT2D eigenvalue weighted by molar-refractivity contribution is 6.00. The fourth-order valence-electron chi connectivity index (χ4n) is 1.82. The summed E-state index contributed by atoms with van der Waals surface area (Å²) in [5.74, 6) is 0.937. The van der Waals surface area contributed by atoms with Crippen molar-refractivity contribution in [2.75, 3.05) is 0 Å². The molecule has 1 aromatic rings. The minimum Gasteiger partial charge on any atom is -0.488 e. The highest BCUT2D eigenvalue weighted by Crippen LogP contribution is 2.26. The van der Waals surface area contributed by atoms with Gasteiger partial charge in [-0.25, -0.2) is 0 Å². The zero-order valence-corrected chi connectivity index (χ0v) is 9.56. The van der Waals surface area contributed by atoms with E-state index in [2.05, 4.69) is 0 Å². The van der Waals surface area contributed by atoms with Crippen LogP contribution in [0.5, 0.6) is 5.75 Å². The number of aliphatic hydroxyl groups excluding tert-OH is 1. The zero-order chi connectivity index (χ0) is 11.7. The van der Waals surface area contributed by atoms with E-state index >= 15 is 0 Å². The number of aliphatic hydroxyl groups is 1. The molecule has 1 aliphatic rings. The Hall–Kier alpha value is -1.35. The van der Waals surface area contributed by atoms with E-state index in [0.717, 1.165) is 23.3 Å². The monoisotopic (exact) mass is 220 g/mol. The van der Waals surface area contributed by atoms with E-state index in [1.54, 1.807) is 13.0 Å². The quantitative estimate of drug-likeness (QED) is 0.847. The molecule has 0 saturated heterocycles. The highest BCUT2D eigenvalue weighted by Gasteiger charge is 2.20. The molecule has 1 N–H and O–H groups in total. The number of rotatable bonds is 3. The van der Waals surface area contributed by atoms with Gasteiger partial charge in [-0.05, 0) is 44.0 Å². The SMILES string of the molecule is CC(O)C(C)Oc1ccc2c(c1)CCC2=O. The van der Waals surface area contributed by atoms with Gasteiger partial charge < -0.3 is 9.84 Å².